The Kier molecular flexibility index (Phi) is 15.2. The number of benzene rings is 3. The van der Waals surface area contributed by atoms with Crippen LogP contribution in [0.25, 0.3) is 10.1 Å². The highest BCUT2D eigenvalue weighted by Gasteiger charge is 2.51. The van der Waals surface area contributed by atoms with E-state index in [0.717, 1.165) is 46.8 Å². The van der Waals surface area contributed by atoms with Gasteiger partial charge in [0.15, 0.2) is 0 Å². The lowest BCUT2D eigenvalue weighted by Gasteiger charge is -2.38. The van der Waals surface area contributed by atoms with Gasteiger partial charge in [-0.15, -0.1) is 11.3 Å². The van der Waals surface area contributed by atoms with Crippen LogP contribution in [0.3, 0.4) is 0 Å². The molecule has 8 rings (SSSR count). The fourth-order valence-corrected chi connectivity index (χ4v) is 11.0. The summed E-state index contributed by atoms with van der Waals surface area (Å²) in [5.41, 5.74) is -4.88. The third-order valence-corrected chi connectivity index (χ3v) is 15.5. The minimum absolute atomic E-state index is 0.00585. The normalized spacial score (nSPS) is 20.8. The minimum atomic E-state index is -5.86. The number of nitrogens with one attached hydrogen (secondary N) is 3. The first-order valence-electron chi connectivity index (χ1n) is 23.7. The molecule has 3 fully saturated rings. The molecule has 0 spiro atoms. The number of fused-ring (bicyclic) bond motifs is 2. The van der Waals surface area contributed by atoms with E-state index in [1.165, 1.54) is 23.1 Å². The number of thiophene rings is 1. The predicted molar refractivity (Wildman–Crippen MR) is 261 cm³/mol. The van der Waals surface area contributed by atoms with Crippen LogP contribution in [-0.4, -0.2) is 129 Å². The zero-order chi connectivity index (χ0) is 52.6. The first-order chi connectivity index (χ1) is 34.5. The molecule has 22 heteroatoms. The molecule has 8 amide bonds. The van der Waals surface area contributed by atoms with Crippen molar-refractivity contribution in [3.05, 3.63) is 105 Å². The van der Waals surface area contributed by atoms with Crippen molar-refractivity contribution >= 4 is 76.3 Å². The average molecular weight is 1040 g/mol. The van der Waals surface area contributed by atoms with Crippen molar-refractivity contribution in [3.8, 4) is 11.8 Å². The summed E-state index contributed by atoms with van der Waals surface area (Å²) in [4.78, 5) is 130. The van der Waals surface area contributed by atoms with Crippen LogP contribution in [0.1, 0.15) is 112 Å². The zero-order valence-corrected chi connectivity index (χ0v) is 41.7. The lowest BCUT2D eigenvalue weighted by molar-refractivity contribution is -0.147. The van der Waals surface area contributed by atoms with E-state index in [-0.39, 0.29) is 77.6 Å². The molecule has 4 aliphatic heterocycles. The number of alkyl halides is 2. The second-order valence-corrected chi connectivity index (χ2v) is 22.2. The molecule has 1 aromatic heterocycles. The van der Waals surface area contributed by atoms with Gasteiger partial charge in [-0.2, -0.15) is 8.78 Å². The van der Waals surface area contributed by atoms with Crippen LogP contribution in [0.4, 0.5) is 8.78 Å². The number of halogens is 2. The number of likely N-dealkylation sites (tertiary alicyclic amines) is 2. The summed E-state index contributed by atoms with van der Waals surface area (Å²) in [5, 5.41) is 7.81. The quantitative estimate of drug-likeness (QED) is 0.0533. The number of rotatable bonds is 13. The molecular formula is C51H53F2N6O12PS. The maximum atomic E-state index is 14.8. The minimum Gasteiger partial charge on any atom is -0.366 e. The van der Waals surface area contributed by atoms with Crippen LogP contribution >= 0.6 is 18.9 Å². The Morgan fingerprint density at radius 3 is 2.42 bits per heavy atom. The zero-order valence-electron chi connectivity index (χ0n) is 40.0. The summed E-state index contributed by atoms with van der Waals surface area (Å²) in [5.74, 6) is 1.12. The predicted octanol–water partition coefficient (Wildman–Crippen LogP) is 4.62. The van der Waals surface area contributed by atoms with Crippen LogP contribution in [-0.2, 0) is 38.9 Å². The third-order valence-electron chi connectivity index (χ3n) is 13.4. The van der Waals surface area contributed by atoms with E-state index in [4.69, 9.17) is 4.74 Å². The van der Waals surface area contributed by atoms with E-state index in [9.17, 15) is 61.5 Å². The van der Waals surface area contributed by atoms with Crippen LogP contribution in [0.5, 0.6) is 0 Å². The number of carbonyl (C=O) groups is 8. The summed E-state index contributed by atoms with van der Waals surface area (Å²) >= 11 is 0.931. The van der Waals surface area contributed by atoms with Crippen LogP contribution in [0.15, 0.2) is 72.8 Å². The Bertz CT molecular complexity index is 3020. The molecule has 0 bridgehead atoms. The highest BCUT2D eigenvalue weighted by atomic mass is 32.1. The summed E-state index contributed by atoms with van der Waals surface area (Å²) in [6.07, 6.45) is 0.958. The van der Waals surface area contributed by atoms with Gasteiger partial charge in [-0.3, -0.25) is 53.1 Å². The molecule has 0 radical (unpaired) electrons. The lowest BCUT2D eigenvalue weighted by atomic mass is 9.85. The maximum Gasteiger partial charge on any atom is 0.399 e. The topological polar surface area (TPSA) is 249 Å². The maximum absolute atomic E-state index is 14.8. The van der Waals surface area contributed by atoms with Gasteiger partial charge in [0.25, 0.3) is 17.7 Å². The second kappa shape index (κ2) is 21.0. The van der Waals surface area contributed by atoms with Gasteiger partial charge in [-0.1, -0.05) is 75.1 Å². The Morgan fingerprint density at radius 2 is 1.71 bits per heavy atom. The summed E-state index contributed by atoms with van der Waals surface area (Å²) in [6.45, 7) is 5.58. The van der Waals surface area contributed by atoms with Gasteiger partial charge in [0, 0.05) is 67.2 Å². The van der Waals surface area contributed by atoms with Gasteiger partial charge < -0.3 is 35.0 Å². The first kappa shape index (κ1) is 52.6. The van der Waals surface area contributed by atoms with Gasteiger partial charge in [0.2, 0.25) is 29.5 Å². The van der Waals surface area contributed by atoms with Crippen molar-refractivity contribution in [2.24, 2.45) is 5.41 Å². The van der Waals surface area contributed by atoms with E-state index in [2.05, 4.69) is 27.8 Å². The third kappa shape index (κ3) is 11.1. The molecule has 3 saturated heterocycles. The number of piperidine rings is 2. The van der Waals surface area contributed by atoms with E-state index >= 15 is 0 Å². The first-order valence-corrected chi connectivity index (χ1v) is 26.1. The fourth-order valence-electron chi connectivity index (χ4n) is 9.59. The largest absolute Gasteiger partial charge is 0.399 e. The van der Waals surface area contributed by atoms with Crippen molar-refractivity contribution in [2.45, 2.75) is 95.1 Å². The lowest BCUT2D eigenvalue weighted by Crippen LogP contribution is -2.58. The monoisotopic (exact) mass is 1040 g/mol. The van der Waals surface area contributed by atoms with E-state index in [1.807, 2.05) is 30.3 Å². The van der Waals surface area contributed by atoms with Crippen molar-refractivity contribution in [2.75, 3.05) is 32.8 Å². The number of amides is 8. The average Bonchev–Trinajstić information content (AvgIpc) is 4.06. The summed E-state index contributed by atoms with van der Waals surface area (Å²) < 4.78 is 47.1. The number of nitrogens with zero attached hydrogens (tertiary/aromatic N) is 3. The van der Waals surface area contributed by atoms with E-state index in [1.54, 1.807) is 37.8 Å². The molecule has 18 nitrogen and oxygen atoms in total. The van der Waals surface area contributed by atoms with Gasteiger partial charge in [-0.05, 0) is 66.0 Å². The highest BCUT2D eigenvalue weighted by Crippen LogP contribution is 2.59. The van der Waals surface area contributed by atoms with Crippen LogP contribution in [0.2, 0.25) is 0 Å². The number of ether oxygens (including phenoxy) is 1. The Labute approximate surface area is 422 Å². The number of imide groups is 2. The summed E-state index contributed by atoms with van der Waals surface area (Å²) in [6, 6.07) is 15.3. The van der Waals surface area contributed by atoms with Gasteiger partial charge in [0.05, 0.1) is 22.1 Å². The van der Waals surface area contributed by atoms with Gasteiger partial charge >= 0.3 is 13.3 Å². The molecule has 3 aromatic carbocycles. The SMILES string of the molecule is CC(C)(C)C(NC(=O)c1cc2cc(C(F)(F)P(=O)(O)O)ccc2s1)C(=O)N1C[C@@H](OCC(=O)NCCC#Cc2cccc3c2C(=O)N(C2CCC(=O)NC2=O)C3=O)C[C@H]1C(=O)N1CCC[C@H](c2ccccc2)C1. The van der Waals surface area contributed by atoms with Crippen molar-refractivity contribution in [1.82, 2.24) is 30.7 Å². The molecule has 73 heavy (non-hydrogen) atoms. The number of hydrogen-bond donors (Lipinski definition) is 5. The molecule has 384 valence electrons. The Hall–Kier alpha value is -6.69. The molecule has 0 aliphatic carbocycles. The molecule has 4 aliphatic rings. The fraction of sp³-hybridized carbons (Fsp3) is 0.412. The number of carbonyl (C=O) groups excluding carboxylic acids is 8. The molecule has 2 unspecified atom stereocenters. The Balaban J connectivity index is 0.934. The van der Waals surface area contributed by atoms with Crippen molar-refractivity contribution in [1.29, 1.82) is 0 Å². The second-order valence-electron chi connectivity index (χ2n) is 19.5. The molecule has 4 aromatic rings. The Morgan fingerprint density at radius 1 is 0.959 bits per heavy atom. The van der Waals surface area contributed by atoms with Crippen molar-refractivity contribution < 1.29 is 66.2 Å². The van der Waals surface area contributed by atoms with Crippen molar-refractivity contribution in [3.63, 3.8) is 0 Å². The summed E-state index contributed by atoms with van der Waals surface area (Å²) in [7, 11) is -5.86. The van der Waals surface area contributed by atoms with Gasteiger partial charge in [-0.25, -0.2) is 0 Å². The molecule has 5 atom stereocenters. The molecule has 5 heterocycles. The highest BCUT2D eigenvalue weighted by molar-refractivity contribution is 7.52. The molecular weight excluding hydrogens is 990 g/mol. The molecule has 5 N–H and O–H groups in total. The van der Waals surface area contributed by atoms with Gasteiger partial charge in [0.1, 0.15) is 24.7 Å². The van der Waals surface area contributed by atoms with E-state index in [0.29, 0.717) is 17.8 Å². The van der Waals surface area contributed by atoms with E-state index < -0.39 is 96.4 Å². The number of hydrogen-bond acceptors (Lipinski definition) is 11. The standard InChI is InChI=1S/C51H53F2N6O12PS/c1-50(2,3)43(56-45(63)39-24-32-23-33(17-19-38(32)73-39)51(52,53)72(68,69)70)49(67)58-27-34(25-37(58)47(65)57-22-10-15-31(26-57)29-11-5-4-6-12-29)71-28-41(61)54-21-8-7-13-30-14-9-16-35-42(30)48(66)59(46(35)64)36-18-20-40(60)55-44(36)62/h4-6,9,11-12,14,16-17,19,23-24,31,34,36-37,43H,8,10,15,18,20-22,25-28H2,1-3H3,(H,54,61)(H,56,63)(H,55,60,62)(H2,68,69,70)/t31-,34-,36?,37-,43?/m0/s1. The van der Waals surface area contributed by atoms with Crippen LogP contribution in [0, 0.1) is 17.3 Å². The molecule has 0 saturated carbocycles. The smallest absolute Gasteiger partial charge is 0.366 e. The van der Waals surface area contributed by atoms with Crippen LogP contribution < -0.4 is 16.0 Å².